The summed E-state index contributed by atoms with van der Waals surface area (Å²) >= 11 is 0. The van der Waals surface area contributed by atoms with Crippen LogP contribution in [0, 0.1) is 6.92 Å². The van der Waals surface area contributed by atoms with Crippen LogP contribution >= 0.6 is 0 Å². The molecule has 2 aromatic carbocycles. The minimum Gasteiger partial charge on any atom is -0.493 e. The Morgan fingerprint density at radius 1 is 1.13 bits per heavy atom. The van der Waals surface area contributed by atoms with Gasteiger partial charge in [0.05, 0.1) is 31.2 Å². The molecule has 0 saturated heterocycles. The molecule has 0 amide bonds. The second-order valence-electron chi connectivity index (χ2n) is 7.30. The number of rotatable bonds is 4. The number of methoxy groups -OCH3 is 1. The lowest BCUT2D eigenvalue weighted by Crippen LogP contribution is -2.12. The van der Waals surface area contributed by atoms with Crippen LogP contribution in [0.4, 0.5) is 17.1 Å². The summed E-state index contributed by atoms with van der Waals surface area (Å²) in [6, 6.07) is 16.7. The largest absolute Gasteiger partial charge is 0.493 e. The van der Waals surface area contributed by atoms with E-state index in [0.717, 1.165) is 25.2 Å². The van der Waals surface area contributed by atoms with E-state index in [0.29, 0.717) is 11.3 Å². The Balaban J connectivity index is 0.000000196. The maximum Gasteiger partial charge on any atom is 0.340 e. The summed E-state index contributed by atoms with van der Waals surface area (Å²) in [6.45, 7) is 2.95. The van der Waals surface area contributed by atoms with Gasteiger partial charge in [-0.25, -0.2) is 4.79 Å². The molecular weight excluding hydrogens is 390 g/mol. The number of hydrogen-bond acceptors (Lipinski definition) is 6. The maximum atomic E-state index is 11.1. The van der Waals surface area contributed by atoms with Crippen LogP contribution in [-0.4, -0.2) is 38.8 Å². The molecule has 3 aromatic rings. The fraction of sp³-hybridized carbons (Fsp3) is 0.280. The molecule has 1 N–H and O–H groups in total. The van der Waals surface area contributed by atoms with Gasteiger partial charge in [0.1, 0.15) is 5.75 Å². The number of carbonyl (C=O) groups excluding carboxylic acids is 1. The Bertz CT molecular complexity index is 1020. The summed E-state index contributed by atoms with van der Waals surface area (Å²) in [5, 5.41) is 2.85. The van der Waals surface area contributed by atoms with Crippen molar-refractivity contribution < 1.29 is 14.3 Å². The molecule has 0 unspecified atom stereocenters. The molecule has 2 heterocycles. The molecule has 0 radical (unpaired) electrons. The molecule has 0 spiro atoms. The zero-order valence-corrected chi connectivity index (χ0v) is 18.5. The van der Waals surface area contributed by atoms with E-state index in [2.05, 4.69) is 76.4 Å². The number of pyridine rings is 1. The molecule has 1 aromatic heterocycles. The van der Waals surface area contributed by atoms with Crippen molar-refractivity contribution in [2.75, 3.05) is 38.0 Å². The van der Waals surface area contributed by atoms with Crippen molar-refractivity contribution in [1.82, 2.24) is 4.98 Å². The van der Waals surface area contributed by atoms with Crippen LogP contribution in [0.25, 0.3) is 0 Å². The number of aryl methyl sites for hydroxylation is 2. The Labute approximate surface area is 183 Å². The average Bonchev–Trinajstić information content (AvgIpc) is 2.83. The summed E-state index contributed by atoms with van der Waals surface area (Å²) in [5.41, 5.74) is 6.14. The highest BCUT2D eigenvalue weighted by atomic mass is 16.5. The van der Waals surface area contributed by atoms with Gasteiger partial charge in [-0.05, 0) is 49.6 Å². The number of benzene rings is 2. The molecule has 1 aliphatic heterocycles. The fourth-order valence-electron chi connectivity index (χ4n) is 3.34. The first kappa shape index (κ1) is 22.2. The lowest BCUT2D eigenvalue weighted by molar-refractivity contribution is 0.0601. The molecule has 0 saturated carbocycles. The van der Waals surface area contributed by atoms with Gasteiger partial charge in [0.2, 0.25) is 0 Å². The van der Waals surface area contributed by atoms with Crippen molar-refractivity contribution in [2.24, 2.45) is 0 Å². The van der Waals surface area contributed by atoms with Crippen LogP contribution in [0.1, 0.15) is 27.9 Å². The molecule has 4 rings (SSSR count). The fourth-order valence-corrected chi connectivity index (χ4v) is 3.34. The van der Waals surface area contributed by atoms with Crippen molar-refractivity contribution in [3.63, 3.8) is 0 Å². The predicted molar refractivity (Wildman–Crippen MR) is 125 cm³/mol. The van der Waals surface area contributed by atoms with Crippen LogP contribution in [0.3, 0.4) is 0 Å². The number of carbonyl (C=O) groups is 1. The molecule has 1 aliphatic rings. The van der Waals surface area contributed by atoms with E-state index in [9.17, 15) is 4.79 Å². The number of hydrogen-bond donors (Lipinski definition) is 1. The molecule has 0 fully saturated rings. The van der Waals surface area contributed by atoms with Gasteiger partial charge in [0.25, 0.3) is 0 Å². The first-order valence-electron chi connectivity index (χ1n) is 10.3. The lowest BCUT2D eigenvalue weighted by Gasteiger charge is -2.23. The van der Waals surface area contributed by atoms with E-state index >= 15 is 0 Å². The summed E-state index contributed by atoms with van der Waals surface area (Å²) in [7, 11) is 5.17. The quantitative estimate of drug-likeness (QED) is 0.601. The number of fused-ring (bicyclic) bond motifs is 1. The first-order chi connectivity index (χ1) is 15.0. The molecular formula is C25H29N3O3. The summed E-state index contributed by atoms with van der Waals surface area (Å²) in [6.07, 6.45) is 5.38. The second-order valence-corrected chi connectivity index (χ2v) is 7.30. The average molecular weight is 420 g/mol. The van der Waals surface area contributed by atoms with Gasteiger partial charge in [-0.3, -0.25) is 4.98 Å². The third-order valence-electron chi connectivity index (χ3n) is 5.20. The van der Waals surface area contributed by atoms with Gasteiger partial charge in [0.15, 0.2) is 0 Å². The van der Waals surface area contributed by atoms with E-state index in [4.69, 9.17) is 4.74 Å². The van der Waals surface area contributed by atoms with Crippen LogP contribution in [0.5, 0.6) is 5.75 Å². The van der Waals surface area contributed by atoms with E-state index in [1.807, 2.05) is 0 Å². The van der Waals surface area contributed by atoms with Gasteiger partial charge in [-0.2, -0.15) is 0 Å². The van der Waals surface area contributed by atoms with Gasteiger partial charge in [-0.1, -0.05) is 23.8 Å². The van der Waals surface area contributed by atoms with Crippen molar-refractivity contribution >= 4 is 23.0 Å². The highest BCUT2D eigenvalue weighted by molar-refractivity contribution is 5.95. The first-order valence-corrected chi connectivity index (χ1v) is 10.3. The summed E-state index contributed by atoms with van der Waals surface area (Å²) < 4.78 is 10.3. The minimum atomic E-state index is -0.359. The van der Waals surface area contributed by atoms with Crippen LogP contribution < -0.4 is 15.0 Å². The van der Waals surface area contributed by atoms with Gasteiger partial charge < -0.3 is 19.7 Å². The zero-order chi connectivity index (χ0) is 22.2. The Hall–Kier alpha value is -3.54. The van der Waals surface area contributed by atoms with Gasteiger partial charge in [0, 0.05) is 37.7 Å². The SMILES string of the molecule is CNc1cnccc1C(=O)OC.Cc1ccc(N(C)c2ccc3c(c2)OCCC3)cc1. The predicted octanol–water partition coefficient (Wildman–Crippen LogP) is 5.00. The normalized spacial score (nSPS) is 11.9. The number of nitrogens with zero attached hydrogens (tertiary/aromatic N) is 2. The van der Waals surface area contributed by atoms with Crippen molar-refractivity contribution in [2.45, 2.75) is 19.8 Å². The van der Waals surface area contributed by atoms with Crippen LogP contribution in [0.15, 0.2) is 60.9 Å². The van der Waals surface area contributed by atoms with Crippen molar-refractivity contribution in [3.8, 4) is 5.75 Å². The van der Waals surface area contributed by atoms with E-state index in [1.165, 1.54) is 29.6 Å². The number of ether oxygens (including phenoxy) is 2. The third-order valence-corrected chi connectivity index (χ3v) is 5.20. The Kier molecular flexibility index (Phi) is 7.49. The van der Waals surface area contributed by atoms with E-state index < -0.39 is 0 Å². The lowest BCUT2D eigenvalue weighted by atomic mass is 10.1. The maximum absolute atomic E-state index is 11.1. The molecule has 0 aliphatic carbocycles. The Morgan fingerprint density at radius 2 is 1.87 bits per heavy atom. The molecule has 0 atom stereocenters. The molecule has 6 nitrogen and oxygen atoms in total. The van der Waals surface area contributed by atoms with Crippen LogP contribution in [-0.2, 0) is 11.2 Å². The smallest absolute Gasteiger partial charge is 0.340 e. The number of nitrogens with one attached hydrogen (secondary N) is 1. The zero-order valence-electron chi connectivity index (χ0n) is 18.5. The minimum absolute atomic E-state index is 0.359. The van der Waals surface area contributed by atoms with E-state index in [-0.39, 0.29) is 5.97 Å². The number of esters is 1. The summed E-state index contributed by atoms with van der Waals surface area (Å²) in [4.78, 5) is 17.2. The molecule has 0 bridgehead atoms. The molecule has 6 heteroatoms. The highest BCUT2D eigenvalue weighted by Crippen LogP contribution is 2.32. The van der Waals surface area contributed by atoms with E-state index in [1.54, 1.807) is 25.5 Å². The van der Waals surface area contributed by atoms with Gasteiger partial charge in [-0.15, -0.1) is 0 Å². The standard InChI is InChI=1S/C17H19NO.C8H10N2O2/c1-13-5-8-15(9-6-13)18(2)16-10-7-14-4-3-11-19-17(14)12-16;1-9-7-5-10-4-3-6(7)8(11)12-2/h5-10,12H,3-4,11H2,1-2H3;3-5,9H,1-2H3. The number of aromatic nitrogens is 1. The highest BCUT2D eigenvalue weighted by Gasteiger charge is 2.13. The van der Waals surface area contributed by atoms with Crippen LogP contribution in [0.2, 0.25) is 0 Å². The topological polar surface area (TPSA) is 63.7 Å². The third kappa shape index (κ3) is 5.54. The van der Waals surface area contributed by atoms with Crippen molar-refractivity contribution in [3.05, 3.63) is 77.6 Å². The molecule has 162 valence electrons. The summed E-state index contributed by atoms with van der Waals surface area (Å²) in [5.74, 6) is 0.685. The second kappa shape index (κ2) is 10.5. The Morgan fingerprint density at radius 3 is 2.58 bits per heavy atom. The molecule has 31 heavy (non-hydrogen) atoms. The van der Waals surface area contributed by atoms with Crippen molar-refractivity contribution in [1.29, 1.82) is 0 Å². The monoisotopic (exact) mass is 419 g/mol. The van der Waals surface area contributed by atoms with Gasteiger partial charge >= 0.3 is 5.97 Å². The number of anilines is 3.